The number of carboxylic acid groups (broad SMARTS) is 1. The van der Waals surface area contributed by atoms with Gasteiger partial charge in [-0.05, 0) is 42.4 Å². The molecule has 128 valence electrons. The van der Waals surface area contributed by atoms with E-state index in [2.05, 4.69) is 6.07 Å². The largest absolute Gasteiger partial charge is 0.481 e. The van der Waals surface area contributed by atoms with Crippen LogP contribution in [0.2, 0.25) is 0 Å². The van der Waals surface area contributed by atoms with Gasteiger partial charge in [-0.1, -0.05) is 30.4 Å². The number of fused-ring (bicyclic) bond motifs is 1. The van der Waals surface area contributed by atoms with E-state index >= 15 is 0 Å². The van der Waals surface area contributed by atoms with Crippen molar-refractivity contribution in [2.45, 2.75) is 50.7 Å². The minimum atomic E-state index is -0.775. The molecule has 1 amide bonds. The highest BCUT2D eigenvalue weighted by Crippen LogP contribution is 2.38. The highest BCUT2D eigenvalue weighted by molar-refractivity contribution is 5.83. The summed E-state index contributed by atoms with van der Waals surface area (Å²) >= 11 is 0. The maximum atomic E-state index is 11.9. The van der Waals surface area contributed by atoms with Crippen molar-refractivity contribution >= 4 is 11.9 Å². The third kappa shape index (κ3) is 3.51. The van der Waals surface area contributed by atoms with Gasteiger partial charge in [0.15, 0.2) is 0 Å². The SMILES string of the molecule is O=C(O)CCC/C=C\CN1C(=O)C[C@@H]1c1ccc2c(c1)CCC2O. The third-order valence-electron chi connectivity index (χ3n) is 4.89. The number of aliphatic hydroxyl groups excluding tert-OH is 1. The van der Waals surface area contributed by atoms with Crippen LogP contribution in [0.15, 0.2) is 30.4 Å². The number of carboxylic acids is 1. The van der Waals surface area contributed by atoms with Crippen molar-refractivity contribution in [2.75, 3.05) is 6.54 Å². The standard InChI is InChI=1S/C19H23NO4/c21-17-9-7-13-11-14(6-8-15(13)17)16-12-18(22)20(16)10-4-2-1-3-5-19(23)24/h2,4,6,8,11,16-17,21H,1,3,5,7,9-10,12H2,(H,23,24)/b4-2-/t16-,17?/m1/s1. The lowest BCUT2D eigenvalue weighted by Crippen LogP contribution is -2.46. The second-order valence-corrected chi connectivity index (χ2v) is 6.54. The lowest BCUT2D eigenvalue weighted by molar-refractivity contribution is -0.145. The second-order valence-electron chi connectivity index (χ2n) is 6.54. The summed E-state index contributed by atoms with van der Waals surface area (Å²) in [6.07, 6.45) is 7.28. The number of likely N-dealkylation sites (tertiary alicyclic amines) is 1. The molecule has 1 unspecified atom stereocenters. The van der Waals surface area contributed by atoms with Crippen molar-refractivity contribution in [1.29, 1.82) is 0 Å². The highest BCUT2D eigenvalue weighted by atomic mass is 16.4. The van der Waals surface area contributed by atoms with Crippen molar-refractivity contribution in [3.05, 3.63) is 47.0 Å². The number of carbonyl (C=O) groups is 2. The third-order valence-corrected chi connectivity index (χ3v) is 4.89. The minimum absolute atomic E-state index is 0.115. The Bertz CT molecular complexity index is 667. The van der Waals surface area contributed by atoms with Gasteiger partial charge in [0.1, 0.15) is 0 Å². The number of aliphatic hydroxyl groups is 1. The first kappa shape index (κ1) is 16.7. The first-order chi connectivity index (χ1) is 11.6. The Kier molecular flexibility index (Phi) is 5.00. The summed E-state index contributed by atoms with van der Waals surface area (Å²) < 4.78 is 0. The molecule has 1 saturated heterocycles. The summed E-state index contributed by atoms with van der Waals surface area (Å²) in [5.41, 5.74) is 3.36. The average molecular weight is 329 g/mol. The topological polar surface area (TPSA) is 77.8 Å². The highest BCUT2D eigenvalue weighted by Gasteiger charge is 2.36. The van der Waals surface area contributed by atoms with Gasteiger partial charge >= 0.3 is 5.97 Å². The molecule has 3 rings (SSSR count). The maximum Gasteiger partial charge on any atom is 0.303 e. The fraction of sp³-hybridized carbons (Fsp3) is 0.474. The van der Waals surface area contributed by atoms with Gasteiger partial charge in [0.05, 0.1) is 18.6 Å². The number of hydrogen-bond donors (Lipinski definition) is 2. The van der Waals surface area contributed by atoms with E-state index in [-0.39, 0.29) is 24.5 Å². The van der Waals surface area contributed by atoms with Gasteiger partial charge in [0.25, 0.3) is 0 Å². The number of carbonyl (C=O) groups excluding carboxylic acids is 1. The van der Waals surface area contributed by atoms with Crippen LogP contribution >= 0.6 is 0 Å². The number of benzene rings is 1. The van der Waals surface area contributed by atoms with Crippen molar-refractivity contribution in [2.24, 2.45) is 0 Å². The lowest BCUT2D eigenvalue weighted by Gasteiger charge is -2.40. The molecule has 1 aliphatic heterocycles. The summed E-state index contributed by atoms with van der Waals surface area (Å²) in [6, 6.07) is 6.26. The van der Waals surface area contributed by atoms with Crippen molar-refractivity contribution in [1.82, 2.24) is 4.90 Å². The van der Waals surface area contributed by atoms with Gasteiger partial charge in [-0.3, -0.25) is 9.59 Å². The number of β-lactam (4-membered cyclic amide) rings is 1. The Morgan fingerprint density at radius 1 is 1.33 bits per heavy atom. The van der Waals surface area contributed by atoms with E-state index in [4.69, 9.17) is 5.11 Å². The normalized spacial score (nSPS) is 22.7. The minimum Gasteiger partial charge on any atom is -0.481 e. The monoisotopic (exact) mass is 329 g/mol. The zero-order chi connectivity index (χ0) is 17.1. The predicted octanol–water partition coefficient (Wildman–Crippen LogP) is 2.75. The van der Waals surface area contributed by atoms with Crippen LogP contribution < -0.4 is 0 Å². The van der Waals surface area contributed by atoms with Crippen LogP contribution in [0.3, 0.4) is 0 Å². The Morgan fingerprint density at radius 2 is 2.17 bits per heavy atom. The van der Waals surface area contributed by atoms with E-state index < -0.39 is 5.97 Å². The fourth-order valence-corrected chi connectivity index (χ4v) is 3.48. The van der Waals surface area contributed by atoms with Crippen LogP contribution in [0.1, 0.15) is 60.9 Å². The van der Waals surface area contributed by atoms with Crippen LogP contribution in [-0.4, -0.2) is 33.5 Å². The lowest BCUT2D eigenvalue weighted by atomic mass is 9.91. The van der Waals surface area contributed by atoms with Crippen LogP contribution in [-0.2, 0) is 16.0 Å². The quantitative estimate of drug-likeness (QED) is 0.458. The van der Waals surface area contributed by atoms with Gasteiger partial charge in [0, 0.05) is 13.0 Å². The Balaban J connectivity index is 1.56. The van der Waals surface area contributed by atoms with Crippen LogP contribution in [0.4, 0.5) is 0 Å². The second kappa shape index (κ2) is 7.18. The Hall–Kier alpha value is -2.14. The molecule has 0 bridgehead atoms. The van der Waals surface area contributed by atoms with E-state index in [1.54, 1.807) is 0 Å². The number of allylic oxidation sites excluding steroid dienone is 1. The maximum absolute atomic E-state index is 11.9. The number of amides is 1. The average Bonchev–Trinajstić information content (AvgIpc) is 2.92. The van der Waals surface area contributed by atoms with E-state index in [1.807, 2.05) is 29.2 Å². The van der Waals surface area contributed by atoms with Gasteiger partial charge in [-0.15, -0.1) is 0 Å². The number of unbranched alkanes of at least 4 members (excludes halogenated alkanes) is 1. The van der Waals surface area contributed by atoms with Gasteiger partial charge < -0.3 is 15.1 Å². The Morgan fingerprint density at radius 3 is 2.92 bits per heavy atom. The molecular weight excluding hydrogens is 306 g/mol. The molecule has 2 N–H and O–H groups in total. The van der Waals surface area contributed by atoms with E-state index in [0.717, 1.165) is 30.4 Å². The molecule has 1 aromatic carbocycles. The van der Waals surface area contributed by atoms with Crippen LogP contribution in [0, 0.1) is 0 Å². The molecule has 2 aliphatic rings. The number of hydrogen-bond acceptors (Lipinski definition) is 3. The van der Waals surface area contributed by atoms with E-state index in [9.17, 15) is 14.7 Å². The molecule has 1 aliphatic carbocycles. The fourth-order valence-electron chi connectivity index (χ4n) is 3.48. The molecule has 0 spiro atoms. The molecule has 0 saturated carbocycles. The predicted molar refractivity (Wildman–Crippen MR) is 89.4 cm³/mol. The summed E-state index contributed by atoms with van der Waals surface area (Å²) in [5, 5.41) is 18.5. The van der Waals surface area contributed by atoms with Crippen molar-refractivity contribution in [3.63, 3.8) is 0 Å². The molecule has 0 radical (unpaired) electrons. The molecule has 1 fully saturated rings. The first-order valence-electron chi connectivity index (χ1n) is 8.53. The molecule has 1 heterocycles. The number of aliphatic carboxylic acids is 1. The number of nitrogens with zero attached hydrogens (tertiary/aromatic N) is 1. The molecule has 24 heavy (non-hydrogen) atoms. The molecular formula is C19H23NO4. The van der Waals surface area contributed by atoms with Crippen molar-refractivity contribution in [3.8, 4) is 0 Å². The van der Waals surface area contributed by atoms with Gasteiger partial charge in [0.2, 0.25) is 5.91 Å². The van der Waals surface area contributed by atoms with Gasteiger partial charge in [-0.2, -0.15) is 0 Å². The zero-order valence-electron chi connectivity index (χ0n) is 13.6. The van der Waals surface area contributed by atoms with E-state index in [1.165, 1.54) is 5.56 Å². The number of aryl methyl sites for hydroxylation is 1. The molecule has 5 nitrogen and oxygen atoms in total. The summed E-state index contributed by atoms with van der Waals surface area (Å²) in [6.45, 7) is 0.566. The van der Waals surface area contributed by atoms with Crippen molar-refractivity contribution < 1.29 is 19.8 Å². The van der Waals surface area contributed by atoms with E-state index in [0.29, 0.717) is 19.4 Å². The first-order valence-corrected chi connectivity index (χ1v) is 8.53. The molecule has 0 aromatic heterocycles. The molecule has 1 aromatic rings. The zero-order valence-corrected chi connectivity index (χ0v) is 13.6. The number of rotatable bonds is 7. The summed E-state index contributed by atoms with van der Waals surface area (Å²) in [5.74, 6) is -0.626. The molecule has 2 atom stereocenters. The molecule has 5 heteroatoms. The summed E-state index contributed by atoms with van der Waals surface area (Å²) in [4.78, 5) is 24.2. The van der Waals surface area contributed by atoms with Crippen LogP contribution in [0.25, 0.3) is 0 Å². The smallest absolute Gasteiger partial charge is 0.303 e. The van der Waals surface area contributed by atoms with Crippen LogP contribution in [0.5, 0.6) is 0 Å². The summed E-state index contributed by atoms with van der Waals surface area (Å²) in [7, 11) is 0. The Labute approximate surface area is 141 Å². The van der Waals surface area contributed by atoms with Gasteiger partial charge in [-0.25, -0.2) is 0 Å².